The molecule has 1 aromatic carbocycles. The van der Waals surface area contributed by atoms with Gasteiger partial charge in [0.05, 0.1) is 0 Å². The summed E-state index contributed by atoms with van der Waals surface area (Å²) in [6.07, 6.45) is 3.89. The Hall–Kier alpha value is -2.88. The van der Waals surface area contributed by atoms with E-state index >= 15 is 0 Å². The second-order valence-electron chi connectivity index (χ2n) is 3.83. The van der Waals surface area contributed by atoms with Crippen LogP contribution in [0.2, 0.25) is 0 Å². The lowest BCUT2D eigenvalue weighted by Crippen LogP contribution is -2.00. The van der Waals surface area contributed by atoms with Crippen LogP contribution in [0.3, 0.4) is 0 Å². The first-order valence-corrected chi connectivity index (χ1v) is 6.82. The number of anilines is 1. The van der Waals surface area contributed by atoms with E-state index in [9.17, 15) is 0 Å². The Morgan fingerprint density at radius 2 is 1.95 bits per heavy atom. The first-order valence-electron chi connectivity index (χ1n) is 5.60. The molecule has 0 bridgehead atoms. The number of allylic oxidation sites excluding steroid dienone is 2. The van der Waals surface area contributed by atoms with Crippen LogP contribution < -0.4 is 5.32 Å². The average molecular weight is 279 g/mol. The number of benzene rings is 1. The summed E-state index contributed by atoms with van der Waals surface area (Å²) >= 11 is 1.61. The molecule has 0 fully saturated rings. The maximum Gasteiger partial charge on any atom is 0.163 e. The molecule has 2 rings (SSSR count). The highest BCUT2D eigenvalue weighted by Gasteiger charge is 2.08. The number of nitrogens with one attached hydrogen (secondary N) is 2. The van der Waals surface area contributed by atoms with Crippen LogP contribution >= 0.6 is 11.8 Å². The molecule has 0 amide bonds. The van der Waals surface area contributed by atoms with Crippen molar-refractivity contribution in [3.63, 3.8) is 0 Å². The first-order chi connectivity index (χ1) is 9.73. The van der Waals surface area contributed by atoms with Gasteiger partial charge in [0.2, 0.25) is 0 Å². The molecule has 0 unspecified atom stereocenters. The lowest BCUT2D eigenvalue weighted by Gasteiger charge is -2.05. The van der Waals surface area contributed by atoms with Gasteiger partial charge in [0.25, 0.3) is 0 Å². The predicted molar refractivity (Wildman–Crippen MR) is 77.6 cm³/mol. The third-order valence-electron chi connectivity index (χ3n) is 2.72. The monoisotopic (exact) mass is 279 g/mol. The molecule has 0 aliphatic rings. The second-order valence-corrected chi connectivity index (χ2v) is 4.68. The average Bonchev–Trinajstić information content (AvgIpc) is 2.89. The van der Waals surface area contributed by atoms with Gasteiger partial charge in [0.1, 0.15) is 23.9 Å². The van der Waals surface area contributed by atoms with Crippen LogP contribution in [0.4, 0.5) is 5.69 Å². The number of hydrogen-bond acceptors (Lipinski definition) is 5. The first kappa shape index (κ1) is 13.5. The summed E-state index contributed by atoms with van der Waals surface area (Å²) in [7, 11) is 0. The van der Waals surface area contributed by atoms with E-state index in [1.54, 1.807) is 30.0 Å². The molecule has 20 heavy (non-hydrogen) atoms. The fourth-order valence-corrected chi connectivity index (χ4v) is 2.33. The van der Waals surface area contributed by atoms with E-state index < -0.39 is 0 Å². The quantitative estimate of drug-likeness (QED) is 0.664. The number of nitrogens with zero attached hydrogens (tertiary/aromatic N) is 3. The maximum absolute atomic E-state index is 9.01. The van der Waals surface area contributed by atoms with E-state index in [4.69, 9.17) is 15.8 Å². The van der Waals surface area contributed by atoms with Crippen molar-refractivity contribution < 1.29 is 0 Å². The molecule has 2 aromatic rings. The summed E-state index contributed by atoms with van der Waals surface area (Å²) < 4.78 is 0. The van der Waals surface area contributed by atoms with Crippen LogP contribution in [-0.4, -0.2) is 11.2 Å². The summed E-state index contributed by atoms with van der Waals surface area (Å²) in [6.45, 7) is 0. The van der Waals surface area contributed by atoms with Crippen molar-refractivity contribution in [3.05, 3.63) is 35.7 Å². The molecule has 2 N–H and O–H groups in total. The van der Waals surface area contributed by atoms with E-state index in [1.807, 2.05) is 30.7 Å². The number of thioether (sulfide) groups is 1. The summed E-state index contributed by atoms with van der Waals surface area (Å²) in [5, 5.41) is 30.4. The standard InChI is InChI=1S/C14H9N5S/c1-20-14-8-18-12-3-2-10(4-11(12)14)19-13(7-17)9(5-15)6-16/h2-4,8,18-19H,1H3. The number of nitriles is 3. The largest absolute Gasteiger partial charge is 0.360 e. The van der Waals surface area contributed by atoms with Gasteiger partial charge in [-0.15, -0.1) is 11.8 Å². The molecule has 96 valence electrons. The van der Waals surface area contributed by atoms with Crippen LogP contribution in [0.15, 0.2) is 40.6 Å². The Labute approximate surface area is 120 Å². The molecular formula is C14H9N5S. The Balaban J connectivity index is 2.45. The molecule has 0 aliphatic carbocycles. The minimum Gasteiger partial charge on any atom is -0.360 e. The van der Waals surface area contributed by atoms with Gasteiger partial charge in [0, 0.05) is 27.7 Å². The van der Waals surface area contributed by atoms with Gasteiger partial charge >= 0.3 is 0 Å². The number of aromatic amines is 1. The molecule has 0 spiro atoms. The topological polar surface area (TPSA) is 99.2 Å². The minimum atomic E-state index is -0.230. The Morgan fingerprint density at radius 3 is 2.55 bits per heavy atom. The van der Waals surface area contributed by atoms with E-state index in [2.05, 4.69) is 10.3 Å². The van der Waals surface area contributed by atoms with Crippen LogP contribution in [0, 0.1) is 34.0 Å². The van der Waals surface area contributed by atoms with Crippen molar-refractivity contribution in [2.24, 2.45) is 0 Å². The number of hydrogen-bond donors (Lipinski definition) is 2. The lowest BCUT2D eigenvalue weighted by atomic mass is 10.2. The van der Waals surface area contributed by atoms with Crippen molar-refractivity contribution in [1.82, 2.24) is 4.98 Å². The maximum atomic E-state index is 9.01. The zero-order valence-electron chi connectivity index (χ0n) is 10.6. The minimum absolute atomic E-state index is 0.0458. The molecule has 0 aliphatic heterocycles. The van der Waals surface area contributed by atoms with Crippen LogP contribution in [0.1, 0.15) is 0 Å². The second kappa shape index (κ2) is 5.84. The molecule has 0 saturated carbocycles. The predicted octanol–water partition coefficient (Wildman–Crippen LogP) is 3.13. The number of fused-ring (bicyclic) bond motifs is 1. The summed E-state index contributed by atoms with van der Waals surface area (Å²) in [5.74, 6) is 0. The van der Waals surface area contributed by atoms with Crippen molar-refractivity contribution in [1.29, 1.82) is 15.8 Å². The molecular weight excluding hydrogens is 270 g/mol. The summed E-state index contributed by atoms with van der Waals surface area (Å²) in [5.41, 5.74) is 1.37. The van der Waals surface area contributed by atoms with Gasteiger partial charge in [-0.2, -0.15) is 15.8 Å². The Bertz CT molecular complexity index is 795. The highest BCUT2D eigenvalue weighted by Crippen LogP contribution is 2.28. The normalized spacial score (nSPS) is 9.30. The molecule has 1 aromatic heterocycles. The smallest absolute Gasteiger partial charge is 0.163 e. The molecule has 0 saturated heterocycles. The number of H-pyrrole nitrogens is 1. The molecule has 0 atom stereocenters. The number of aromatic nitrogens is 1. The molecule has 5 nitrogen and oxygen atoms in total. The third-order valence-corrected chi connectivity index (χ3v) is 3.50. The van der Waals surface area contributed by atoms with Crippen LogP contribution in [0.5, 0.6) is 0 Å². The molecule has 1 heterocycles. The van der Waals surface area contributed by atoms with Gasteiger partial charge < -0.3 is 10.3 Å². The zero-order valence-corrected chi connectivity index (χ0v) is 11.4. The summed E-state index contributed by atoms with van der Waals surface area (Å²) in [6, 6.07) is 10.8. The number of rotatable bonds is 3. The fourth-order valence-electron chi connectivity index (χ4n) is 1.77. The van der Waals surface area contributed by atoms with Gasteiger partial charge in [-0.1, -0.05) is 0 Å². The van der Waals surface area contributed by atoms with E-state index in [-0.39, 0.29) is 11.3 Å². The van der Waals surface area contributed by atoms with E-state index in [0.717, 1.165) is 15.8 Å². The molecule has 6 heteroatoms. The van der Waals surface area contributed by atoms with Crippen LogP contribution in [-0.2, 0) is 0 Å². The fraction of sp³-hybridized carbons (Fsp3) is 0.0714. The highest BCUT2D eigenvalue weighted by molar-refractivity contribution is 7.98. The van der Waals surface area contributed by atoms with Gasteiger partial charge in [-0.05, 0) is 24.5 Å². The molecule has 0 radical (unpaired) electrons. The van der Waals surface area contributed by atoms with E-state index in [0.29, 0.717) is 5.69 Å². The van der Waals surface area contributed by atoms with Crippen LogP contribution in [0.25, 0.3) is 10.9 Å². The lowest BCUT2D eigenvalue weighted by molar-refractivity contribution is 1.37. The van der Waals surface area contributed by atoms with Gasteiger partial charge in [0.15, 0.2) is 5.57 Å². The zero-order chi connectivity index (χ0) is 14.5. The highest BCUT2D eigenvalue weighted by atomic mass is 32.2. The van der Waals surface area contributed by atoms with Gasteiger partial charge in [-0.3, -0.25) is 0 Å². The van der Waals surface area contributed by atoms with Gasteiger partial charge in [-0.25, -0.2) is 0 Å². The SMILES string of the molecule is CSc1c[nH]c2ccc(NC(C#N)=C(C#N)C#N)cc12. The van der Waals surface area contributed by atoms with Crippen molar-refractivity contribution in [2.45, 2.75) is 4.90 Å². The Morgan fingerprint density at radius 1 is 1.20 bits per heavy atom. The van der Waals surface area contributed by atoms with Crippen molar-refractivity contribution in [3.8, 4) is 18.2 Å². The van der Waals surface area contributed by atoms with Crippen molar-refractivity contribution in [2.75, 3.05) is 11.6 Å². The third kappa shape index (κ3) is 2.44. The van der Waals surface area contributed by atoms with E-state index in [1.165, 1.54) is 0 Å². The Kier molecular flexibility index (Phi) is 3.96. The van der Waals surface area contributed by atoms with Crippen molar-refractivity contribution >= 4 is 28.4 Å². The summed E-state index contributed by atoms with van der Waals surface area (Å²) in [4.78, 5) is 4.24.